The van der Waals surface area contributed by atoms with Gasteiger partial charge in [0.25, 0.3) is 0 Å². The van der Waals surface area contributed by atoms with Gasteiger partial charge in [-0.1, -0.05) is 29.8 Å². The maximum absolute atomic E-state index is 5.92. The summed E-state index contributed by atoms with van der Waals surface area (Å²) in [6.45, 7) is 7.01. The number of hydrogen-bond acceptors (Lipinski definition) is 5. The maximum Gasteiger partial charge on any atom is 0.161 e. The lowest BCUT2D eigenvalue weighted by Crippen LogP contribution is -2.40. The zero-order valence-electron chi connectivity index (χ0n) is 16.2. The number of nitrogens with one attached hydrogen (secondary N) is 1. The number of methoxy groups -OCH3 is 1. The molecule has 0 bridgehead atoms. The second kappa shape index (κ2) is 12.1. The molecule has 1 heterocycles. The van der Waals surface area contributed by atoms with E-state index >= 15 is 0 Å². The lowest BCUT2D eigenvalue weighted by molar-refractivity contribution is 0.0384. The number of hydrogen-bond donors (Lipinski definition) is 1. The van der Waals surface area contributed by atoms with Crippen LogP contribution >= 0.6 is 24.0 Å². The van der Waals surface area contributed by atoms with Gasteiger partial charge in [0.05, 0.1) is 20.3 Å². The SMILES string of the molecule is COc1cc(CNCCN2CCOCC2)ccc1OCc1ccc(Cl)cc1.Cl. The van der Waals surface area contributed by atoms with Crippen molar-refractivity contribution >= 4 is 24.0 Å². The summed E-state index contributed by atoms with van der Waals surface area (Å²) >= 11 is 5.92. The standard InChI is InChI=1S/C21H27ClN2O3.ClH/c1-25-21-14-18(15-23-8-9-24-10-12-26-13-11-24)4-7-20(21)27-16-17-2-5-19(22)6-3-17;/h2-7,14,23H,8-13,15-16H2,1H3;1H. The van der Waals surface area contributed by atoms with Crippen molar-refractivity contribution in [3.63, 3.8) is 0 Å². The van der Waals surface area contributed by atoms with Gasteiger partial charge in [-0.3, -0.25) is 4.90 Å². The van der Waals surface area contributed by atoms with E-state index < -0.39 is 0 Å². The normalized spacial score (nSPS) is 14.4. The molecular weight excluding hydrogens is 399 g/mol. The number of benzene rings is 2. The van der Waals surface area contributed by atoms with Crippen LogP contribution in [-0.2, 0) is 17.9 Å². The summed E-state index contributed by atoms with van der Waals surface area (Å²) in [7, 11) is 1.67. The van der Waals surface area contributed by atoms with E-state index in [4.69, 9.17) is 25.8 Å². The quantitative estimate of drug-likeness (QED) is 0.618. The molecule has 0 saturated carbocycles. The fourth-order valence-electron chi connectivity index (χ4n) is 2.98. The van der Waals surface area contributed by atoms with Gasteiger partial charge < -0.3 is 19.5 Å². The third-order valence-corrected chi connectivity index (χ3v) is 4.83. The molecule has 0 spiro atoms. The van der Waals surface area contributed by atoms with Crippen molar-refractivity contribution in [2.24, 2.45) is 0 Å². The average molecular weight is 427 g/mol. The lowest BCUT2D eigenvalue weighted by atomic mass is 10.2. The van der Waals surface area contributed by atoms with E-state index in [1.54, 1.807) is 7.11 Å². The predicted octanol–water partition coefficient (Wildman–Crippen LogP) is 3.77. The summed E-state index contributed by atoms with van der Waals surface area (Å²) < 4.78 is 16.8. The Balaban J connectivity index is 0.00000280. The Bertz CT molecular complexity index is 707. The molecule has 0 aromatic heterocycles. The Morgan fingerprint density at radius 1 is 1.04 bits per heavy atom. The average Bonchev–Trinajstić information content (AvgIpc) is 2.72. The Hall–Kier alpha value is -1.50. The third kappa shape index (κ3) is 7.15. The maximum atomic E-state index is 5.92. The lowest BCUT2D eigenvalue weighted by Gasteiger charge is -2.26. The second-order valence-corrected chi connectivity index (χ2v) is 6.97. The van der Waals surface area contributed by atoms with Crippen LogP contribution in [0.4, 0.5) is 0 Å². The summed E-state index contributed by atoms with van der Waals surface area (Å²) in [4.78, 5) is 2.42. The van der Waals surface area contributed by atoms with Crippen LogP contribution in [0.1, 0.15) is 11.1 Å². The zero-order valence-corrected chi connectivity index (χ0v) is 17.7. The largest absolute Gasteiger partial charge is 0.493 e. The molecule has 1 N–H and O–H groups in total. The van der Waals surface area contributed by atoms with Crippen molar-refractivity contribution in [2.75, 3.05) is 46.5 Å². The molecule has 2 aromatic carbocycles. The molecule has 1 fully saturated rings. The van der Waals surface area contributed by atoms with Gasteiger partial charge in [-0.2, -0.15) is 0 Å². The Morgan fingerprint density at radius 2 is 1.75 bits per heavy atom. The number of morpholine rings is 1. The van der Waals surface area contributed by atoms with Crippen LogP contribution in [0.25, 0.3) is 0 Å². The van der Waals surface area contributed by atoms with Gasteiger partial charge in [0.2, 0.25) is 0 Å². The van der Waals surface area contributed by atoms with E-state index in [-0.39, 0.29) is 12.4 Å². The molecule has 0 aliphatic carbocycles. The highest BCUT2D eigenvalue weighted by molar-refractivity contribution is 6.30. The Kier molecular flexibility index (Phi) is 9.88. The molecule has 0 atom stereocenters. The van der Waals surface area contributed by atoms with Gasteiger partial charge >= 0.3 is 0 Å². The fourth-order valence-corrected chi connectivity index (χ4v) is 3.10. The van der Waals surface area contributed by atoms with Crippen molar-refractivity contribution in [3.8, 4) is 11.5 Å². The molecule has 28 heavy (non-hydrogen) atoms. The van der Waals surface area contributed by atoms with E-state index in [0.29, 0.717) is 6.61 Å². The van der Waals surface area contributed by atoms with Gasteiger partial charge in [0, 0.05) is 37.7 Å². The summed E-state index contributed by atoms with van der Waals surface area (Å²) in [5, 5.41) is 4.22. The topological polar surface area (TPSA) is 43.0 Å². The minimum atomic E-state index is 0. The Morgan fingerprint density at radius 3 is 2.46 bits per heavy atom. The van der Waals surface area contributed by atoms with E-state index in [1.165, 1.54) is 5.56 Å². The summed E-state index contributed by atoms with van der Waals surface area (Å²) in [5.74, 6) is 1.49. The minimum Gasteiger partial charge on any atom is -0.493 e. The third-order valence-electron chi connectivity index (χ3n) is 4.57. The van der Waals surface area contributed by atoms with Crippen LogP contribution in [-0.4, -0.2) is 51.4 Å². The van der Waals surface area contributed by atoms with Gasteiger partial charge in [-0.25, -0.2) is 0 Å². The van der Waals surface area contributed by atoms with Crippen LogP contribution < -0.4 is 14.8 Å². The number of ether oxygens (including phenoxy) is 3. The van der Waals surface area contributed by atoms with Crippen LogP contribution in [0, 0.1) is 0 Å². The number of rotatable bonds is 9. The molecule has 1 aliphatic heterocycles. The first-order chi connectivity index (χ1) is 13.2. The van der Waals surface area contributed by atoms with Crippen LogP contribution in [0.5, 0.6) is 11.5 Å². The summed E-state index contributed by atoms with van der Waals surface area (Å²) in [5.41, 5.74) is 2.24. The van der Waals surface area contributed by atoms with Crippen LogP contribution in [0.2, 0.25) is 5.02 Å². The molecule has 3 rings (SSSR count). The highest BCUT2D eigenvalue weighted by atomic mass is 35.5. The van der Waals surface area contributed by atoms with Crippen LogP contribution in [0.15, 0.2) is 42.5 Å². The van der Waals surface area contributed by atoms with Crippen molar-refractivity contribution in [1.82, 2.24) is 10.2 Å². The Labute approximate surface area is 178 Å². The monoisotopic (exact) mass is 426 g/mol. The molecule has 5 nitrogen and oxygen atoms in total. The smallest absolute Gasteiger partial charge is 0.161 e. The molecule has 2 aromatic rings. The minimum absolute atomic E-state index is 0. The molecule has 1 aliphatic rings. The molecule has 154 valence electrons. The summed E-state index contributed by atoms with van der Waals surface area (Å²) in [6, 6.07) is 13.7. The van der Waals surface area contributed by atoms with E-state index in [9.17, 15) is 0 Å². The second-order valence-electron chi connectivity index (χ2n) is 6.53. The van der Waals surface area contributed by atoms with Gasteiger partial charge in [0.1, 0.15) is 6.61 Å². The highest BCUT2D eigenvalue weighted by Gasteiger charge is 2.10. The first-order valence-corrected chi connectivity index (χ1v) is 9.67. The van der Waals surface area contributed by atoms with Crippen molar-refractivity contribution in [1.29, 1.82) is 0 Å². The zero-order chi connectivity index (χ0) is 18.9. The van der Waals surface area contributed by atoms with Gasteiger partial charge in [0.15, 0.2) is 11.5 Å². The molecule has 0 unspecified atom stereocenters. The molecule has 0 radical (unpaired) electrons. The number of halogens is 2. The molecule has 0 amide bonds. The van der Waals surface area contributed by atoms with Gasteiger partial charge in [-0.15, -0.1) is 12.4 Å². The molecule has 7 heteroatoms. The molecular formula is C21H28Cl2N2O3. The van der Waals surface area contributed by atoms with E-state index in [2.05, 4.69) is 16.3 Å². The fraction of sp³-hybridized carbons (Fsp3) is 0.429. The predicted molar refractivity (Wildman–Crippen MR) is 115 cm³/mol. The van der Waals surface area contributed by atoms with Crippen molar-refractivity contribution in [3.05, 3.63) is 58.6 Å². The van der Waals surface area contributed by atoms with Crippen LogP contribution in [0.3, 0.4) is 0 Å². The van der Waals surface area contributed by atoms with Crippen molar-refractivity contribution < 1.29 is 14.2 Å². The first kappa shape index (κ1) is 22.8. The van der Waals surface area contributed by atoms with E-state index in [1.807, 2.05) is 36.4 Å². The van der Waals surface area contributed by atoms with Gasteiger partial charge in [-0.05, 0) is 35.4 Å². The van der Waals surface area contributed by atoms with E-state index in [0.717, 1.165) is 68.0 Å². The summed E-state index contributed by atoms with van der Waals surface area (Å²) in [6.07, 6.45) is 0. The van der Waals surface area contributed by atoms with Crippen molar-refractivity contribution in [2.45, 2.75) is 13.2 Å². The molecule has 1 saturated heterocycles. The highest BCUT2D eigenvalue weighted by Crippen LogP contribution is 2.29. The number of nitrogens with zero attached hydrogens (tertiary/aromatic N) is 1. The first-order valence-electron chi connectivity index (χ1n) is 9.29.